The third-order valence-electron chi connectivity index (χ3n) is 6.67. The van der Waals surface area contributed by atoms with Gasteiger partial charge in [0.2, 0.25) is 0 Å². The molecule has 1 aromatic carbocycles. The van der Waals surface area contributed by atoms with Gasteiger partial charge in [0.25, 0.3) is 0 Å². The number of hydrogen-bond acceptors (Lipinski definition) is 4. The Bertz CT molecular complexity index is 990. The number of benzene rings is 1. The summed E-state index contributed by atoms with van der Waals surface area (Å²) in [7, 11) is 0. The van der Waals surface area contributed by atoms with E-state index in [0.29, 0.717) is 10.8 Å². The molecule has 0 spiro atoms. The van der Waals surface area contributed by atoms with Gasteiger partial charge in [0, 0.05) is 46.8 Å². The Labute approximate surface area is 189 Å². The molecule has 0 saturated carbocycles. The number of carbonyl (C=O) groups is 1. The fraction of sp³-hybridized carbons (Fsp3) is 0.520. The maximum Gasteiger partial charge on any atom is 0.329 e. The maximum atomic E-state index is 12.7. The van der Waals surface area contributed by atoms with E-state index in [0.717, 1.165) is 55.5 Å². The van der Waals surface area contributed by atoms with Gasteiger partial charge < -0.3 is 15.1 Å². The second-order valence-electron chi connectivity index (χ2n) is 9.05. The lowest BCUT2D eigenvalue weighted by atomic mass is 9.75. The first-order valence-electron chi connectivity index (χ1n) is 11.5. The lowest BCUT2D eigenvalue weighted by Crippen LogP contribution is -2.29. The lowest BCUT2D eigenvalue weighted by Gasteiger charge is -2.29. The van der Waals surface area contributed by atoms with Crippen molar-refractivity contribution < 1.29 is 9.21 Å². The van der Waals surface area contributed by atoms with Crippen molar-refractivity contribution in [3.63, 3.8) is 0 Å². The molecule has 3 aliphatic carbocycles. The summed E-state index contributed by atoms with van der Waals surface area (Å²) in [5.41, 5.74) is 7.90. The number of urea groups is 1. The van der Waals surface area contributed by atoms with Crippen LogP contribution in [0.3, 0.4) is 0 Å². The third-order valence-corrected chi connectivity index (χ3v) is 7.36. The van der Waals surface area contributed by atoms with Gasteiger partial charge >= 0.3 is 6.03 Å². The van der Waals surface area contributed by atoms with Gasteiger partial charge in [-0.2, -0.15) is 0 Å². The van der Waals surface area contributed by atoms with Crippen molar-refractivity contribution in [3.8, 4) is 0 Å². The zero-order valence-corrected chi connectivity index (χ0v) is 19.9. The SMILES string of the molecule is CC.CC1(C)CCc2oc(SNC(=O)Nc3c4c(cc5c3CCC5)CCC4)cc2C1=N. The van der Waals surface area contributed by atoms with Crippen molar-refractivity contribution in [3.05, 3.63) is 45.7 Å². The quantitative estimate of drug-likeness (QED) is 0.481. The highest BCUT2D eigenvalue weighted by Gasteiger charge is 2.33. The van der Waals surface area contributed by atoms with Crippen LogP contribution in [0.15, 0.2) is 21.6 Å². The van der Waals surface area contributed by atoms with Crippen LogP contribution in [-0.4, -0.2) is 11.7 Å². The third kappa shape index (κ3) is 4.14. The van der Waals surface area contributed by atoms with E-state index in [4.69, 9.17) is 9.83 Å². The molecule has 2 aromatic rings. The van der Waals surface area contributed by atoms with Gasteiger partial charge in [-0.15, -0.1) is 0 Å². The fourth-order valence-corrected chi connectivity index (χ4v) is 5.53. The van der Waals surface area contributed by atoms with Crippen molar-refractivity contribution >= 4 is 29.4 Å². The monoisotopic (exact) mass is 439 g/mol. The number of rotatable bonds is 3. The average Bonchev–Trinajstić information content (AvgIpc) is 3.50. The van der Waals surface area contributed by atoms with Crippen molar-refractivity contribution in [2.75, 3.05) is 5.32 Å². The minimum Gasteiger partial charge on any atom is -0.452 e. The van der Waals surface area contributed by atoms with Crippen LogP contribution < -0.4 is 10.0 Å². The van der Waals surface area contributed by atoms with Crippen LogP contribution in [0.1, 0.15) is 80.5 Å². The van der Waals surface area contributed by atoms with Crippen molar-refractivity contribution in [2.45, 2.75) is 84.2 Å². The van der Waals surface area contributed by atoms with E-state index in [1.807, 2.05) is 19.9 Å². The zero-order chi connectivity index (χ0) is 22.2. The van der Waals surface area contributed by atoms with Crippen molar-refractivity contribution in [1.82, 2.24) is 4.72 Å². The molecule has 2 amide bonds. The summed E-state index contributed by atoms with van der Waals surface area (Å²) >= 11 is 1.18. The summed E-state index contributed by atoms with van der Waals surface area (Å²) in [6, 6.07) is 4.04. The Kier molecular flexibility index (Phi) is 6.20. The molecular weight excluding hydrogens is 406 g/mol. The van der Waals surface area contributed by atoms with Gasteiger partial charge in [0.15, 0.2) is 5.09 Å². The summed E-state index contributed by atoms with van der Waals surface area (Å²) < 4.78 is 8.78. The van der Waals surface area contributed by atoms with E-state index in [1.165, 1.54) is 47.0 Å². The van der Waals surface area contributed by atoms with E-state index in [-0.39, 0.29) is 11.4 Å². The van der Waals surface area contributed by atoms with Crippen LogP contribution in [0.5, 0.6) is 0 Å². The number of furan rings is 1. The average molecular weight is 440 g/mol. The molecule has 5 rings (SSSR count). The standard InChI is InChI=1S/C23H27N3O2S.C2H6/c1-23(2)10-9-18-17(21(23)24)12-19(28-18)29-26-22(27)25-20-15-7-3-5-13(15)11-14-6-4-8-16(14)20;1-2/h11-12,24H,3-10H2,1-2H3,(H2,25,26,27);1-2H3. The van der Waals surface area contributed by atoms with Crippen LogP contribution in [0.4, 0.5) is 10.5 Å². The first-order valence-corrected chi connectivity index (χ1v) is 12.4. The first-order chi connectivity index (χ1) is 14.9. The molecule has 31 heavy (non-hydrogen) atoms. The highest BCUT2D eigenvalue weighted by atomic mass is 32.2. The Morgan fingerprint density at radius 1 is 1.03 bits per heavy atom. The Hall–Kier alpha value is -2.21. The van der Waals surface area contributed by atoms with E-state index < -0.39 is 0 Å². The molecule has 0 fully saturated rings. The van der Waals surface area contributed by atoms with Crippen LogP contribution in [0.25, 0.3) is 0 Å². The minimum absolute atomic E-state index is 0.127. The van der Waals surface area contributed by atoms with Crippen LogP contribution in [0, 0.1) is 10.8 Å². The van der Waals surface area contributed by atoms with Gasteiger partial charge in [-0.1, -0.05) is 33.8 Å². The van der Waals surface area contributed by atoms with Crippen molar-refractivity contribution in [1.29, 1.82) is 5.41 Å². The molecule has 0 atom stereocenters. The smallest absolute Gasteiger partial charge is 0.329 e. The molecule has 0 unspecified atom stereocenters. The molecule has 0 saturated heterocycles. The fourth-order valence-electron chi connectivity index (χ4n) is 4.97. The van der Waals surface area contributed by atoms with E-state index in [9.17, 15) is 4.79 Å². The number of anilines is 1. The summed E-state index contributed by atoms with van der Waals surface area (Å²) in [6.45, 7) is 8.20. The zero-order valence-electron chi connectivity index (χ0n) is 19.0. The van der Waals surface area contributed by atoms with Gasteiger partial charge in [-0.3, -0.25) is 4.72 Å². The van der Waals surface area contributed by atoms with E-state index in [2.05, 4.69) is 30.0 Å². The summed E-state index contributed by atoms with van der Waals surface area (Å²) in [5.74, 6) is 0.859. The van der Waals surface area contributed by atoms with Crippen LogP contribution in [-0.2, 0) is 32.1 Å². The molecule has 0 aliphatic heterocycles. The highest BCUT2D eigenvalue weighted by molar-refractivity contribution is 7.97. The van der Waals surface area contributed by atoms with Gasteiger partial charge in [0.1, 0.15) is 5.76 Å². The molecule has 1 aromatic heterocycles. The largest absolute Gasteiger partial charge is 0.452 e. The second-order valence-corrected chi connectivity index (χ2v) is 9.86. The number of nitrogens with one attached hydrogen (secondary N) is 3. The number of amides is 2. The van der Waals surface area contributed by atoms with Crippen molar-refractivity contribution in [2.24, 2.45) is 5.41 Å². The van der Waals surface area contributed by atoms with Crippen LogP contribution in [0.2, 0.25) is 0 Å². The maximum absolute atomic E-state index is 12.7. The normalized spacial score (nSPS) is 17.9. The lowest BCUT2D eigenvalue weighted by molar-refractivity contribution is 0.257. The summed E-state index contributed by atoms with van der Waals surface area (Å²) in [6.07, 6.45) is 8.42. The molecular formula is C25H33N3O2S. The Balaban J connectivity index is 0.00000112. The predicted octanol–water partition coefficient (Wildman–Crippen LogP) is 6.45. The molecule has 0 bridgehead atoms. The topological polar surface area (TPSA) is 78.1 Å². The van der Waals surface area contributed by atoms with Gasteiger partial charge in [0.05, 0.1) is 0 Å². The molecule has 1 heterocycles. The predicted molar refractivity (Wildman–Crippen MR) is 127 cm³/mol. The molecule has 3 aliphatic rings. The van der Waals surface area contributed by atoms with Gasteiger partial charge in [-0.05, 0) is 67.2 Å². The van der Waals surface area contributed by atoms with Crippen LogP contribution >= 0.6 is 11.9 Å². The second kappa shape index (κ2) is 8.73. The molecule has 6 heteroatoms. The number of hydrogen-bond donors (Lipinski definition) is 3. The Morgan fingerprint density at radius 3 is 2.32 bits per heavy atom. The minimum atomic E-state index is -0.214. The van der Waals surface area contributed by atoms with Gasteiger partial charge in [-0.25, -0.2) is 4.79 Å². The number of carbonyl (C=O) groups excluding carboxylic acids is 1. The molecule has 3 N–H and O–H groups in total. The Morgan fingerprint density at radius 2 is 1.68 bits per heavy atom. The van der Waals surface area contributed by atoms with E-state index in [1.54, 1.807) is 0 Å². The number of aryl methyl sites for hydroxylation is 3. The summed E-state index contributed by atoms with van der Waals surface area (Å²) in [5, 5.41) is 12.2. The van der Waals surface area contributed by atoms with E-state index >= 15 is 0 Å². The molecule has 0 radical (unpaired) electrons. The number of fused-ring (bicyclic) bond motifs is 3. The first kappa shape index (κ1) is 22.0. The summed E-state index contributed by atoms with van der Waals surface area (Å²) in [4.78, 5) is 12.7. The highest BCUT2D eigenvalue weighted by Crippen LogP contribution is 2.39. The molecule has 166 valence electrons. The molecule has 5 nitrogen and oxygen atoms in total.